The zero-order valence-electron chi connectivity index (χ0n) is 13.2. The molecule has 128 valence electrons. The van der Waals surface area contributed by atoms with Crippen molar-refractivity contribution in [3.63, 3.8) is 0 Å². The molecule has 0 spiro atoms. The molecule has 1 aliphatic rings. The van der Waals surface area contributed by atoms with E-state index < -0.39 is 24.0 Å². The SMILES string of the molecule is O=C(COc1ncnc2sc3c(c12)CCCC3)c1cc(F)ccc1F. The van der Waals surface area contributed by atoms with Crippen LogP contribution >= 0.6 is 11.3 Å². The molecule has 0 N–H and O–H groups in total. The van der Waals surface area contributed by atoms with E-state index in [1.54, 1.807) is 11.3 Å². The second-order valence-corrected chi connectivity index (χ2v) is 6.99. The van der Waals surface area contributed by atoms with Crippen LogP contribution in [-0.4, -0.2) is 22.4 Å². The van der Waals surface area contributed by atoms with E-state index in [4.69, 9.17) is 4.74 Å². The predicted molar refractivity (Wildman–Crippen MR) is 90.2 cm³/mol. The van der Waals surface area contributed by atoms with E-state index in [9.17, 15) is 13.6 Å². The highest BCUT2D eigenvalue weighted by atomic mass is 32.1. The van der Waals surface area contributed by atoms with Crippen molar-refractivity contribution in [1.29, 1.82) is 0 Å². The van der Waals surface area contributed by atoms with Crippen molar-refractivity contribution >= 4 is 27.3 Å². The molecule has 0 unspecified atom stereocenters. The number of aromatic nitrogens is 2. The van der Waals surface area contributed by atoms with Gasteiger partial charge in [-0.1, -0.05) is 0 Å². The minimum Gasteiger partial charge on any atom is -0.469 e. The molecule has 1 aliphatic carbocycles. The maximum Gasteiger partial charge on any atom is 0.226 e. The van der Waals surface area contributed by atoms with Crippen molar-refractivity contribution in [3.05, 3.63) is 52.2 Å². The molecule has 1 aromatic carbocycles. The normalized spacial score (nSPS) is 13.7. The number of carbonyl (C=O) groups is 1. The first-order valence-corrected chi connectivity index (χ1v) is 8.81. The van der Waals surface area contributed by atoms with E-state index in [0.717, 1.165) is 54.1 Å². The molecule has 0 saturated heterocycles. The molecule has 3 aromatic rings. The van der Waals surface area contributed by atoms with Crippen molar-refractivity contribution in [2.45, 2.75) is 25.7 Å². The predicted octanol–water partition coefficient (Wildman–Crippen LogP) is 4.11. The van der Waals surface area contributed by atoms with Crippen LogP contribution in [0.3, 0.4) is 0 Å². The Bertz CT molecular complexity index is 971. The second-order valence-electron chi connectivity index (χ2n) is 5.91. The lowest BCUT2D eigenvalue weighted by Gasteiger charge is -2.12. The Hall–Kier alpha value is -2.41. The lowest BCUT2D eigenvalue weighted by molar-refractivity contribution is 0.0914. The number of thiophene rings is 1. The number of halogens is 2. The fraction of sp³-hybridized carbons (Fsp3) is 0.278. The Morgan fingerprint density at radius 2 is 2.04 bits per heavy atom. The van der Waals surface area contributed by atoms with Gasteiger partial charge in [0.15, 0.2) is 6.61 Å². The summed E-state index contributed by atoms with van der Waals surface area (Å²) in [6, 6.07) is 2.78. The Kier molecular flexibility index (Phi) is 4.17. The lowest BCUT2D eigenvalue weighted by Crippen LogP contribution is -2.14. The van der Waals surface area contributed by atoms with Gasteiger partial charge in [-0.2, -0.15) is 0 Å². The van der Waals surface area contributed by atoms with E-state index in [1.165, 1.54) is 16.8 Å². The third-order valence-electron chi connectivity index (χ3n) is 4.29. The molecule has 2 aromatic heterocycles. The van der Waals surface area contributed by atoms with Crippen LogP contribution in [0.2, 0.25) is 0 Å². The largest absolute Gasteiger partial charge is 0.469 e. The van der Waals surface area contributed by atoms with Gasteiger partial charge in [0.25, 0.3) is 0 Å². The minimum atomic E-state index is -0.768. The van der Waals surface area contributed by atoms with Crippen LogP contribution in [0.15, 0.2) is 24.5 Å². The van der Waals surface area contributed by atoms with Gasteiger partial charge in [-0.25, -0.2) is 18.7 Å². The fourth-order valence-electron chi connectivity index (χ4n) is 3.09. The van der Waals surface area contributed by atoms with Crippen molar-refractivity contribution in [2.75, 3.05) is 6.61 Å². The van der Waals surface area contributed by atoms with Gasteiger partial charge in [-0.3, -0.25) is 4.79 Å². The quantitative estimate of drug-likeness (QED) is 0.657. The Labute approximate surface area is 146 Å². The zero-order chi connectivity index (χ0) is 17.4. The maximum atomic E-state index is 13.7. The van der Waals surface area contributed by atoms with E-state index in [-0.39, 0.29) is 5.56 Å². The first-order chi connectivity index (χ1) is 12.1. The topological polar surface area (TPSA) is 52.1 Å². The molecule has 0 saturated carbocycles. The van der Waals surface area contributed by atoms with E-state index in [0.29, 0.717) is 5.88 Å². The van der Waals surface area contributed by atoms with E-state index in [1.807, 2.05) is 0 Å². The van der Waals surface area contributed by atoms with Crippen LogP contribution in [0.25, 0.3) is 10.2 Å². The average Bonchev–Trinajstić information content (AvgIpc) is 3.01. The van der Waals surface area contributed by atoms with Gasteiger partial charge >= 0.3 is 0 Å². The molecule has 0 bridgehead atoms. The molecule has 0 radical (unpaired) electrons. The van der Waals surface area contributed by atoms with Gasteiger partial charge < -0.3 is 4.74 Å². The summed E-state index contributed by atoms with van der Waals surface area (Å²) >= 11 is 1.62. The maximum absolute atomic E-state index is 13.7. The van der Waals surface area contributed by atoms with Crippen molar-refractivity contribution in [1.82, 2.24) is 9.97 Å². The number of hydrogen-bond donors (Lipinski definition) is 0. The Morgan fingerprint density at radius 3 is 2.92 bits per heavy atom. The van der Waals surface area contributed by atoms with Gasteiger partial charge in [-0.05, 0) is 49.4 Å². The lowest BCUT2D eigenvalue weighted by atomic mass is 9.97. The highest BCUT2D eigenvalue weighted by molar-refractivity contribution is 7.18. The summed E-state index contributed by atoms with van der Waals surface area (Å²) in [6.45, 7) is -0.406. The summed E-state index contributed by atoms with van der Waals surface area (Å²) in [4.78, 5) is 22.7. The summed E-state index contributed by atoms with van der Waals surface area (Å²) in [7, 11) is 0. The summed E-state index contributed by atoms with van der Waals surface area (Å²) in [5.74, 6) is -1.74. The molecule has 0 aliphatic heterocycles. The zero-order valence-corrected chi connectivity index (χ0v) is 14.0. The van der Waals surface area contributed by atoms with Gasteiger partial charge in [0, 0.05) is 4.88 Å². The molecular weight excluding hydrogens is 346 g/mol. The number of ketones is 1. The van der Waals surface area contributed by atoms with Crippen LogP contribution in [-0.2, 0) is 12.8 Å². The van der Waals surface area contributed by atoms with E-state index >= 15 is 0 Å². The second kappa shape index (κ2) is 6.48. The highest BCUT2D eigenvalue weighted by Gasteiger charge is 2.21. The molecule has 25 heavy (non-hydrogen) atoms. The number of benzene rings is 1. The number of ether oxygens (including phenoxy) is 1. The number of hydrogen-bond acceptors (Lipinski definition) is 5. The molecule has 2 heterocycles. The van der Waals surface area contributed by atoms with Crippen LogP contribution in [0.4, 0.5) is 8.78 Å². The number of fused-ring (bicyclic) bond motifs is 3. The first-order valence-electron chi connectivity index (χ1n) is 8.00. The molecule has 4 nitrogen and oxygen atoms in total. The standard InChI is InChI=1S/C18H14F2N2O2S/c19-10-5-6-13(20)12(7-10)14(23)8-24-17-16-11-3-1-2-4-15(11)25-18(16)22-9-21-17/h5-7,9H,1-4,8H2. The minimum absolute atomic E-state index is 0.322. The number of rotatable bonds is 4. The summed E-state index contributed by atoms with van der Waals surface area (Å²) < 4.78 is 32.5. The fourth-order valence-corrected chi connectivity index (χ4v) is 4.31. The van der Waals surface area contributed by atoms with Crippen LogP contribution in [0, 0.1) is 11.6 Å². The van der Waals surface area contributed by atoms with Crippen molar-refractivity contribution in [2.24, 2.45) is 0 Å². The van der Waals surface area contributed by atoms with Crippen LogP contribution in [0.1, 0.15) is 33.6 Å². The third kappa shape index (κ3) is 3.00. The van der Waals surface area contributed by atoms with Crippen LogP contribution in [0.5, 0.6) is 5.88 Å². The molecule has 0 amide bonds. The summed E-state index contributed by atoms with van der Waals surface area (Å²) in [5, 5.41) is 0.842. The number of carbonyl (C=O) groups excluding carboxylic acids is 1. The monoisotopic (exact) mass is 360 g/mol. The Morgan fingerprint density at radius 1 is 1.20 bits per heavy atom. The summed E-state index contributed by atoms with van der Waals surface area (Å²) in [5.41, 5.74) is 0.865. The molecule has 0 fully saturated rings. The van der Waals surface area contributed by atoms with Crippen molar-refractivity contribution in [3.8, 4) is 5.88 Å². The van der Waals surface area contributed by atoms with Crippen LogP contribution < -0.4 is 4.74 Å². The molecule has 4 rings (SSSR count). The average molecular weight is 360 g/mol. The number of nitrogens with zero attached hydrogens (tertiary/aromatic N) is 2. The number of Topliss-reactive ketones (excluding diaryl/α,β-unsaturated/α-hetero) is 1. The van der Waals surface area contributed by atoms with E-state index in [2.05, 4.69) is 9.97 Å². The highest BCUT2D eigenvalue weighted by Crippen LogP contribution is 2.38. The smallest absolute Gasteiger partial charge is 0.226 e. The van der Waals surface area contributed by atoms with Gasteiger partial charge in [0.1, 0.15) is 22.8 Å². The summed E-state index contributed by atoms with van der Waals surface area (Å²) in [6.07, 6.45) is 5.60. The first kappa shape index (κ1) is 16.1. The molecule has 0 atom stereocenters. The number of aryl methyl sites for hydroxylation is 2. The molecular formula is C18H14F2N2O2S. The van der Waals surface area contributed by atoms with Gasteiger partial charge in [0.2, 0.25) is 11.7 Å². The third-order valence-corrected chi connectivity index (χ3v) is 5.49. The Balaban J connectivity index is 1.62. The molecule has 7 heteroatoms. The van der Waals surface area contributed by atoms with Crippen molar-refractivity contribution < 1.29 is 18.3 Å². The van der Waals surface area contributed by atoms with Gasteiger partial charge in [0.05, 0.1) is 10.9 Å². The van der Waals surface area contributed by atoms with Gasteiger partial charge in [-0.15, -0.1) is 11.3 Å².